The first-order valence-electron chi connectivity index (χ1n) is 4.25. The van der Waals surface area contributed by atoms with Crippen LogP contribution in [0, 0.1) is 0 Å². The molecule has 2 rings (SSSR count). The molecule has 0 spiro atoms. The van der Waals surface area contributed by atoms with Crippen LogP contribution in [0.5, 0.6) is 5.88 Å². The third-order valence-electron chi connectivity index (χ3n) is 1.92. The van der Waals surface area contributed by atoms with E-state index in [9.17, 15) is 13.2 Å². The first-order chi connectivity index (χ1) is 7.47. The van der Waals surface area contributed by atoms with Gasteiger partial charge in [-0.2, -0.15) is 18.3 Å². The van der Waals surface area contributed by atoms with Crippen molar-refractivity contribution in [2.45, 2.75) is 6.18 Å². The molecular formula is C9H6F3N3O. The van der Waals surface area contributed by atoms with E-state index in [1.807, 2.05) is 0 Å². The van der Waals surface area contributed by atoms with E-state index in [-0.39, 0.29) is 17.3 Å². The highest BCUT2D eigenvalue weighted by molar-refractivity contribution is 5.55. The number of H-pyrrole nitrogens is 1. The third kappa shape index (κ3) is 1.97. The molecule has 0 saturated heterocycles. The lowest BCUT2D eigenvalue weighted by atomic mass is 10.2. The number of halogens is 3. The summed E-state index contributed by atoms with van der Waals surface area (Å²) in [6, 6.07) is 3.38. The van der Waals surface area contributed by atoms with E-state index in [2.05, 4.69) is 15.2 Å². The normalized spacial score (nSPS) is 11.7. The molecule has 0 radical (unpaired) electrons. The Morgan fingerprint density at radius 2 is 1.94 bits per heavy atom. The number of hydrogen-bond donors (Lipinski definition) is 2. The summed E-state index contributed by atoms with van der Waals surface area (Å²) in [6.07, 6.45) is -3.68. The van der Waals surface area contributed by atoms with E-state index in [4.69, 9.17) is 5.11 Å². The summed E-state index contributed by atoms with van der Waals surface area (Å²) < 4.78 is 36.7. The highest BCUT2D eigenvalue weighted by atomic mass is 19.4. The molecule has 7 heteroatoms. The van der Waals surface area contributed by atoms with Crippen LogP contribution in [0.1, 0.15) is 5.56 Å². The maximum absolute atomic E-state index is 12.2. The third-order valence-corrected chi connectivity index (χ3v) is 1.92. The number of aromatic hydroxyl groups is 1. The Balaban J connectivity index is 2.33. The average molecular weight is 229 g/mol. The number of nitrogens with zero attached hydrogens (tertiary/aromatic N) is 2. The van der Waals surface area contributed by atoms with Crippen LogP contribution < -0.4 is 0 Å². The summed E-state index contributed by atoms with van der Waals surface area (Å²) in [4.78, 5) is 3.62. The summed E-state index contributed by atoms with van der Waals surface area (Å²) in [7, 11) is 0. The van der Waals surface area contributed by atoms with Crippen LogP contribution in [-0.4, -0.2) is 20.3 Å². The van der Waals surface area contributed by atoms with Crippen molar-refractivity contribution in [1.82, 2.24) is 15.2 Å². The Morgan fingerprint density at radius 3 is 2.38 bits per heavy atom. The maximum Gasteiger partial charge on any atom is 0.417 e. The molecule has 2 aromatic rings. The van der Waals surface area contributed by atoms with Crippen molar-refractivity contribution in [3.8, 4) is 17.3 Å². The molecule has 0 aliphatic carbocycles. The van der Waals surface area contributed by atoms with Crippen LogP contribution in [0.3, 0.4) is 0 Å². The van der Waals surface area contributed by atoms with Crippen molar-refractivity contribution < 1.29 is 18.3 Å². The Bertz CT molecular complexity index is 489. The van der Waals surface area contributed by atoms with Crippen molar-refractivity contribution in [1.29, 1.82) is 0 Å². The average Bonchev–Trinajstić information content (AvgIpc) is 2.64. The van der Waals surface area contributed by atoms with Gasteiger partial charge in [0.25, 0.3) is 0 Å². The Morgan fingerprint density at radius 1 is 1.19 bits per heavy atom. The number of pyridine rings is 1. The molecular weight excluding hydrogens is 223 g/mol. The molecule has 0 unspecified atom stereocenters. The van der Waals surface area contributed by atoms with E-state index in [1.165, 1.54) is 12.1 Å². The highest BCUT2D eigenvalue weighted by Crippen LogP contribution is 2.29. The minimum absolute atomic E-state index is 0.170. The second-order valence-corrected chi connectivity index (χ2v) is 3.07. The van der Waals surface area contributed by atoms with E-state index >= 15 is 0 Å². The SMILES string of the molecule is Oc1cc(-c2ccc(C(F)(F)F)cn2)n[nH]1. The van der Waals surface area contributed by atoms with Gasteiger partial charge in [-0.15, -0.1) is 0 Å². The quantitative estimate of drug-likeness (QED) is 0.787. The van der Waals surface area contributed by atoms with Gasteiger partial charge in [0.2, 0.25) is 5.88 Å². The van der Waals surface area contributed by atoms with Crippen LogP contribution >= 0.6 is 0 Å². The summed E-state index contributed by atoms with van der Waals surface area (Å²) in [6.45, 7) is 0. The van der Waals surface area contributed by atoms with Crippen LogP contribution in [0.4, 0.5) is 13.2 Å². The molecule has 2 heterocycles. The molecule has 16 heavy (non-hydrogen) atoms. The number of nitrogens with one attached hydrogen (secondary N) is 1. The first-order valence-corrected chi connectivity index (χ1v) is 4.25. The molecule has 0 atom stereocenters. The zero-order valence-electron chi connectivity index (χ0n) is 7.78. The topological polar surface area (TPSA) is 61.8 Å². The van der Waals surface area contributed by atoms with Gasteiger partial charge in [0, 0.05) is 12.3 Å². The van der Waals surface area contributed by atoms with Crippen LogP contribution in [-0.2, 0) is 6.18 Å². The molecule has 4 nitrogen and oxygen atoms in total. The summed E-state index contributed by atoms with van der Waals surface area (Å²) in [5.74, 6) is -0.170. The van der Waals surface area contributed by atoms with Gasteiger partial charge in [-0.3, -0.25) is 4.98 Å². The van der Waals surface area contributed by atoms with Crippen LogP contribution in [0.25, 0.3) is 11.4 Å². The second kappa shape index (κ2) is 3.51. The van der Waals surface area contributed by atoms with E-state index in [1.54, 1.807) is 0 Å². The molecule has 0 fully saturated rings. The molecule has 0 aliphatic heterocycles. The molecule has 0 saturated carbocycles. The Labute approximate surface area is 87.8 Å². The van der Waals surface area contributed by atoms with Gasteiger partial charge in [-0.1, -0.05) is 0 Å². The lowest BCUT2D eigenvalue weighted by molar-refractivity contribution is -0.137. The minimum Gasteiger partial charge on any atom is -0.494 e. The van der Waals surface area contributed by atoms with Crippen molar-refractivity contribution in [3.63, 3.8) is 0 Å². The first kappa shape index (κ1) is 10.5. The molecule has 0 amide bonds. The lowest BCUT2D eigenvalue weighted by Crippen LogP contribution is -2.05. The smallest absolute Gasteiger partial charge is 0.417 e. The summed E-state index contributed by atoms with van der Waals surface area (Å²) >= 11 is 0. The highest BCUT2D eigenvalue weighted by Gasteiger charge is 2.30. The predicted octanol–water partition coefficient (Wildman–Crippen LogP) is 2.20. The standard InChI is InChI=1S/C9H6F3N3O/c10-9(11,12)5-1-2-6(13-4-5)7-3-8(16)15-14-7/h1-4H,(H2,14,15,16). The second-order valence-electron chi connectivity index (χ2n) is 3.07. The molecule has 84 valence electrons. The van der Waals surface area contributed by atoms with Gasteiger partial charge >= 0.3 is 6.18 Å². The number of aromatic amines is 1. The minimum atomic E-state index is -4.40. The monoisotopic (exact) mass is 229 g/mol. The zero-order valence-corrected chi connectivity index (χ0v) is 7.78. The number of aromatic nitrogens is 3. The Hall–Kier alpha value is -2.05. The summed E-state index contributed by atoms with van der Waals surface area (Å²) in [5.41, 5.74) is -0.285. The lowest BCUT2D eigenvalue weighted by Gasteiger charge is -2.05. The van der Waals surface area contributed by atoms with Gasteiger partial charge in [0.05, 0.1) is 11.3 Å². The summed E-state index contributed by atoms with van der Waals surface area (Å²) in [5, 5.41) is 14.9. The number of hydrogen-bond acceptors (Lipinski definition) is 3. The van der Waals surface area contributed by atoms with Crippen LogP contribution in [0.15, 0.2) is 24.4 Å². The maximum atomic E-state index is 12.2. The fraction of sp³-hybridized carbons (Fsp3) is 0.111. The molecule has 0 aromatic carbocycles. The van der Waals surface area contributed by atoms with Crippen molar-refractivity contribution >= 4 is 0 Å². The molecule has 2 N–H and O–H groups in total. The fourth-order valence-corrected chi connectivity index (χ4v) is 1.16. The largest absolute Gasteiger partial charge is 0.494 e. The van der Waals surface area contributed by atoms with Gasteiger partial charge in [0.1, 0.15) is 5.69 Å². The van der Waals surface area contributed by atoms with Crippen LogP contribution in [0.2, 0.25) is 0 Å². The predicted molar refractivity (Wildman–Crippen MR) is 48.5 cm³/mol. The van der Waals surface area contributed by atoms with E-state index in [0.717, 1.165) is 12.3 Å². The van der Waals surface area contributed by atoms with Gasteiger partial charge in [0.15, 0.2) is 0 Å². The van der Waals surface area contributed by atoms with Crippen molar-refractivity contribution in [2.24, 2.45) is 0 Å². The van der Waals surface area contributed by atoms with Crippen molar-refractivity contribution in [3.05, 3.63) is 30.0 Å². The van der Waals surface area contributed by atoms with E-state index < -0.39 is 11.7 Å². The zero-order chi connectivity index (χ0) is 11.8. The molecule has 0 aliphatic rings. The van der Waals surface area contributed by atoms with Gasteiger partial charge in [-0.05, 0) is 12.1 Å². The van der Waals surface area contributed by atoms with E-state index in [0.29, 0.717) is 0 Å². The molecule has 0 bridgehead atoms. The van der Waals surface area contributed by atoms with Crippen molar-refractivity contribution in [2.75, 3.05) is 0 Å². The number of alkyl halides is 3. The number of rotatable bonds is 1. The Kier molecular flexibility index (Phi) is 2.30. The van der Waals surface area contributed by atoms with Gasteiger partial charge in [-0.25, -0.2) is 5.10 Å². The fourth-order valence-electron chi connectivity index (χ4n) is 1.16. The van der Waals surface area contributed by atoms with Gasteiger partial charge < -0.3 is 5.11 Å². The molecule has 2 aromatic heterocycles.